The lowest BCUT2D eigenvalue weighted by Gasteiger charge is -2.04. The molecule has 70 valence electrons. The summed E-state index contributed by atoms with van der Waals surface area (Å²) in [4.78, 5) is 4.19. The summed E-state index contributed by atoms with van der Waals surface area (Å²) in [6.45, 7) is 0.756. The maximum atomic E-state index is 5.57. The molecule has 0 spiro atoms. The molecule has 0 amide bonds. The van der Waals surface area contributed by atoms with Gasteiger partial charge in [-0.15, -0.1) is 0 Å². The zero-order chi connectivity index (χ0) is 9.38. The number of H-pyrrole nitrogens is 1. The first-order valence-corrected chi connectivity index (χ1v) is 4.54. The number of nitrogens with zero attached hydrogens (tertiary/aromatic N) is 2. The zero-order valence-corrected chi connectivity index (χ0v) is 7.53. The molecule has 4 nitrogen and oxygen atoms in total. The third kappa shape index (κ3) is 1.00. The summed E-state index contributed by atoms with van der Waals surface area (Å²) in [6, 6.07) is 0. The molecule has 0 bridgehead atoms. The quantitative estimate of drug-likeness (QED) is 0.734. The number of fused-ring (bicyclic) bond motifs is 1. The first-order chi connectivity index (χ1) is 6.95. The van der Waals surface area contributed by atoms with Crippen LogP contribution in [0.15, 0.2) is 24.8 Å². The van der Waals surface area contributed by atoms with Crippen LogP contribution in [0.25, 0.3) is 11.1 Å². The number of hydrogen-bond donors (Lipinski definition) is 1. The molecule has 0 fully saturated rings. The average molecular weight is 187 g/mol. The Kier molecular flexibility index (Phi) is 1.53. The minimum atomic E-state index is 0.756. The van der Waals surface area contributed by atoms with Crippen LogP contribution >= 0.6 is 0 Å². The summed E-state index contributed by atoms with van der Waals surface area (Å²) < 4.78 is 5.57. The second-order valence-corrected chi connectivity index (χ2v) is 3.26. The Morgan fingerprint density at radius 1 is 1.29 bits per heavy atom. The highest BCUT2D eigenvalue weighted by molar-refractivity contribution is 5.70. The van der Waals surface area contributed by atoms with Gasteiger partial charge in [-0.2, -0.15) is 5.10 Å². The van der Waals surface area contributed by atoms with E-state index in [-0.39, 0.29) is 0 Å². The Labute approximate surface area is 80.9 Å². The summed E-state index contributed by atoms with van der Waals surface area (Å²) in [5, 5.41) is 6.70. The SMILES string of the molecule is c1n[nH]cc1-c1cncc2c1OCC2. The highest BCUT2D eigenvalue weighted by Crippen LogP contribution is 2.35. The van der Waals surface area contributed by atoms with E-state index in [0.29, 0.717) is 0 Å². The summed E-state index contributed by atoms with van der Waals surface area (Å²) in [5.41, 5.74) is 3.23. The van der Waals surface area contributed by atoms with Gasteiger partial charge in [0, 0.05) is 41.7 Å². The molecule has 4 heteroatoms. The molecule has 1 aliphatic heterocycles. The first kappa shape index (κ1) is 7.55. The van der Waals surface area contributed by atoms with E-state index in [9.17, 15) is 0 Å². The van der Waals surface area contributed by atoms with E-state index in [1.165, 1.54) is 5.56 Å². The zero-order valence-electron chi connectivity index (χ0n) is 7.53. The molecule has 0 radical (unpaired) electrons. The smallest absolute Gasteiger partial charge is 0.133 e. The van der Waals surface area contributed by atoms with E-state index in [0.717, 1.165) is 29.9 Å². The lowest BCUT2D eigenvalue weighted by molar-refractivity contribution is 0.358. The molecular formula is C10H9N3O. The maximum absolute atomic E-state index is 5.57. The normalized spacial score (nSPS) is 13.7. The van der Waals surface area contributed by atoms with E-state index in [2.05, 4.69) is 15.2 Å². The fourth-order valence-corrected chi connectivity index (χ4v) is 1.71. The van der Waals surface area contributed by atoms with Crippen LogP contribution in [-0.2, 0) is 6.42 Å². The number of pyridine rings is 1. The van der Waals surface area contributed by atoms with Crippen molar-refractivity contribution in [1.82, 2.24) is 15.2 Å². The molecule has 1 N–H and O–H groups in total. The second kappa shape index (κ2) is 2.83. The van der Waals surface area contributed by atoms with Gasteiger partial charge in [-0.3, -0.25) is 10.1 Å². The van der Waals surface area contributed by atoms with Gasteiger partial charge in [0.1, 0.15) is 5.75 Å². The standard InChI is InChI=1S/C10H9N3O/c1-2-14-10-7(1)3-11-6-9(10)8-4-12-13-5-8/h3-6H,1-2H2,(H,12,13). The van der Waals surface area contributed by atoms with Crippen molar-refractivity contribution < 1.29 is 4.74 Å². The van der Waals surface area contributed by atoms with E-state index < -0.39 is 0 Å². The van der Waals surface area contributed by atoms with E-state index in [1.807, 2.05) is 18.6 Å². The largest absolute Gasteiger partial charge is 0.492 e. The van der Waals surface area contributed by atoms with E-state index in [4.69, 9.17) is 4.74 Å². The lowest BCUT2D eigenvalue weighted by Crippen LogP contribution is -1.88. The summed E-state index contributed by atoms with van der Waals surface area (Å²) in [5.74, 6) is 0.960. The van der Waals surface area contributed by atoms with Crippen LogP contribution in [0.4, 0.5) is 0 Å². The van der Waals surface area contributed by atoms with Crippen LogP contribution in [0.2, 0.25) is 0 Å². The minimum Gasteiger partial charge on any atom is -0.492 e. The van der Waals surface area contributed by atoms with Crippen LogP contribution in [-0.4, -0.2) is 21.8 Å². The fourth-order valence-electron chi connectivity index (χ4n) is 1.71. The Morgan fingerprint density at radius 3 is 3.14 bits per heavy atom. The van der Waals surface area contributed by atoms with Crippen molar-refractivity contribution in [2.75, 3.05) is 6.61 Å². The monoisotopic (exact) mass is 187 g/mol. The molecule has 0 saturated carbocycles. The summed E-state index contributed by atoms with van der Waals surface area (Å²) in [6.07, 6.45) is 8.26. The van der Waals surface area contributed by atoms with Gasteiger partial charge in [-0.25, -0.2) is 0 Å². The molecule has 0 atom stereocenters. The Balaban J connectivity index is 2.20. The lowest BCUT2D eigenvalue weighted by atomic mass is 10.1. The molecule has 0 aromatic carbocycles. The molecule has 0 unspecified atom stereocenters. The van der Waals surface area contributed by atoms with Crippen molar-refractivity contribution >= 4 is 0 Å². The number of nitrogens with one attached hydrogen (secondary N) is 1. The molecule has 0 saturated heterocycles. The van der Waals surface area contributed by atoms with Crippen LogP contribution < -0.4 is 4.74 Å². The Hall–Kier alpha value is -1.84. The van der Waals surface area contributed by atoms with Crippen molar-refractivity contribution in [3.8, 4) is 16.9 Å². The van der Waals surface area contributed by atoms with Crippen molar-refractivity contribution in [3.63, 3.8) is 0 Å². The van der Waals surface area contributed by atoms with Gasteiger partial charge in [-0.1, -0.05) is 0 Å². The van der Waals surface area contributed by atoms with Crippen LogP contribution in [0.5, 0.6) is 5.75 Å². The van der Waals surface area contributed by atoms with Gasteiger partial charge in [-0.05, 0) is 0 Å². The van der Waals surface area contributed by atoms with Gasteiger partial charge in [0.25, 0.3) is 0 Å². The molecule has 2 aromatic rings. The Morgan fingerprint density at radius 2 is 2.29 bits per heavy atom. The molecule has 1 aliphatic rings. The minimum absolute atomic E-state index is 0.756. The van der Waals surface area contributed by atoms with Gasteiger partial charge in [0.15, 0.2) is 0 Å². The second-order valence-electron chi connectivity index (χ2n) is 3.26. The van der Waals surface area contributed by atoms with Gasteiger partial charge in [0.2, 0.25) is 0 Å². The van der Waals surface area contributed by atoms with Gasteiger partial charge < -0.3 is 4.74 Å². The van der Waals surface area contributed by atoms with Crippen molar-refractivity contribution in [2.45, 2.75) is 6.42 Å². The van der Waals surface area contributed by atoms with Crippen molar-refractivity contribution in [1.29, 1.82) is 0 Å². The number of aromatic amines is 1. The average Bonchev–Trinajstić information content (AvgIpc) is 2.88. The van der Waals surface area contributed by atoms with E-state index in [1.54, 1.807) is 6.20 Å². The molecule has 3 rings (SSSR count). The third-order valence-electron chi connectivity index (χ3n) is 2.40. The van der Waals surface area contributed by atoms with Crippen LogP contribution in [0.1, 0.15) is 5.56 Å². The maximum Gasteiger partial charge on any atom is 0.133 e. The Bertz CT molecular complexity index is 450. The third-order valence-corrected chi connectivity index (χ3v) is 2.40. The molecule has 14 heavy (non-hydrogen) atoms. The van der Waals surface area contributed by atoms with Crippen molar-refractivity contribution in [2.24, 2.45) is 0 Å². The molecule has 0 aliphatic carbocycles. The number of aromatic nitrogens is 3. The first-order valence-electron chi connectivity index (χ1n) is 4.54. The van der Waals surface area contributed by atoms with Gasteiger partial charge in [0.05, 0.1) is 12.8 Å². The number of ether oxygens (including phenoxy) is 1. The highest BCUT2D eigenvalue weighted by Gasteiger charge is 2.17. The highest BCUT2D eigenvalue weighted by atomic mass is 16.5. The summed E-state index contributed by atoms with van der Waals surface area (Å²) in [7, 11) is 0. The number of hydrogen-bond acceptors (Lipinski definition) is 3. The number of rotatable bonds is 1. The van der Waals surface area contributed by atoms with Crippen molar-refractivity contribution in [3.05, 3.63) is 30.4 Å². The molecular weight excluding hydrogens is 178 g/mol. The predicted molar refractivity (Wildman–Crippen MR) is 51.0 cm³/mol. The molecule has 3 heterocycles. The molecule has 2 aromatic heterocycles. The summed E-state index contributed by atoms with van der Waals surface area (Å²) >= 11 is 0. The topological polar surface area (TPSA) is 50.8 Å². The fraction of sp³-hybridized carbons (Fsp3) is 0.200. The van der Waals surface area contributed by atoms with Crippen LogP contribution in [0, 0.1) is 0 Å². The van der Waals surface area contributed by atoms with Gasteiger partial charge >= 0.3 is 0 Å². The van der Waals surface area contributed by atoms with Crippen LogP contribution in [0.3, 0.4) is 0 Å². The van der Waals surface area contributed by atoms with E-state index >= 15 is 0 Å². The predicted octanol–water partition coefficient (Wildman–Crippen LogP) is 1.41.